The first-order valence-corrected chi connectivity index (χ1v) is 10.6. The maximum atomic E-state index is 12.3. The van der Waals surface area contributed by atoms with Crippen molar-refractivity contribution in [2.75, 3.05) is 25.6 Å². The van der Waals surface area contributed by atoms with Gasteiger partial charge in [0.05, 0.1) is 17.2 Å². The van der Waals surface area contributed by atoms with Gasteiger partial charge in [-0.3, -0.25) is 4.79 Å². The highest BCUT2D eigenvalue weighted by Crippen LogP contribution is 2.27. The molecule has 0 radical (unpaired) electrons. The van der Waals surface area contributed by atoms with Crippen molar-refractivity contribution in [1.82, 2.24) is 14.8 Å². The van der Waals surface area contributed by atoms with Gasteiger partial charge in [0, 0.05) is 18.4 Å². The maximum Gasteiger partial charge on any atom is 0.336 e. The van der Waals surface area contributed by atoms with Gasteiger partial charge in [-0.2, -0.15) is 4.98 Å². The first kappa shape index (κ1) is 20.8. The van der Waals surface area contributed by atoms with Gasteiger partial charge in [0.1, 0.15) is 6.61 Å². The van der Waals surface area contributed by atoms with E-state index < -0.39 is 0 Å². The Labute approximate surface area is 184 Å². The Morgan fingerprint density at radius 3 is 2.58 bits per heavy atom. The van der Waals surface area contributed by atoms with Crippen LogP contribution in [0.5, 0.6) is 6.01 Å². The minimum Gasteiger partial charge on any atom is -0.460 e. The zero-order chi connectivity index (χ0) is 21.6. The van der Waals surface area contributed by atoms with Gasteiger partial charge in [0.25, 0.3) is 5.91 Å². The number of nitrogens with one attached hydrogen (secondary N) is 1. The molecule has 0 atom stereocenters. The Hall–Kier alpha value is -3.49. The van der Waals surface area contributed by atoms with Crippen molar-refractivity contribution in [1.29, 1.82) is 0 Å². The van der Waals surface area contributed by atoms with Crippen LogP contribution in [0, 0.1) is 6.92 Å². The molecular formula is C23H22N4O3S. The fourth-order valence-corrected chi connectivity index (χ4v) is 3.65. The number of ether oxygens (including phenoxy) is 2. The van der Waals surface area contributed by atoms with Crippen LogP contribution in [0.2, 0.25) is 0 Å². The molecule has 1 amide bonds. The predicted octanol–water partition coefficient (Wildman–Crippen LogP) is 4.58. The van der Waals surface area contributed by atoms with Gasteiger partial charge in [-0.25, -0.2) is 4.68 Å². The molecule has 2 aromatic carbocycles. The van der Waals surface area contributed by atoms with Gasteiger partial charge >= 0.3 is 6.01 Å². The second kappa shape index (κ2) is 9.55. The number of methoxy groups -OCH3 is 1. The summed E-state index contributed by atoms with van der Waals surface area (Å²) in [5, 5.41) is 9.33. The van der Waals surface area contributed by atoms with Crippen molar-refractivity contribution >= 4 is 22.9 Å². The average molecular weight is 435 g/mol. The van der Waals surface area contributed by atoms with E-state index >= 15 is 0 Å². The highest BCUT2D eigenvalue weighted by Gasteiger charge is 2.16. The number of hydrogen-bond acceptors (Lipinski definition) is 6. The van der Waals surface area contributed by atoms with E-state index in [1.807, 2.05) is 66.9 Å². The number of rotatable bonds is 8. The number of aryl methyl sites for hydroxylation is 1. The summed E-state index contributed by atoms with van der Waals surface area (Å²) < 4.78 is 12.4. The molecule has 0 aliphatic heterocycles. The largest absolute Gasteiger partial charge is 0.460 e. The molecule has 0 fully saturated rings. The summed E-state index contributed by atoms with van der Waals surface area (Å²) in [5.74, 6) is 0.554. The molecule has 4 rings (SSSR count). The predicted molar refractivity (Wildman–Crippen MR) is 121 cm³/mol. The Morgan fingerprint density at radius 2 is 1.87 bits per heavy atom. The number of anilines is 1. The van der Waals surface area contributed by atoms with Crippen LogP contribution < -0.4 is 10.1 Å². The lowest BCUT2D eigenvalue weighted by Crippen LogP contribution is -2.10. The third-order valence-corrected chi connectivity index (χ3v) is 5.48. The Balaban J connectivity index is 1.62. The zero-order valence-corrected chi connectivity index (χ0v) is 18.1. The van der Waals surface area contributed by atoms with Crippen molar-refractivity contribution in [3.63, 3.8) is 0 Å². The number of carbonyl (C=O) groups excluding carboxylic acids is 1. The number of nitrogens with zero attached hydrogens (tertiary/aromatic N) is 3. The van der Waals surface area contributed by atoms with E-state index in [-0.39, 0.29) is 11.9 Å². The molecule has 8 heteroatoms. The molecule has 0 bridgehead atoms. The Bertz CT molecular complexity index is 1150. The lowest BCUT2D eigenvalue weighted by Gasteiger charge is -2.09. The molecule has 0 aliphatic carbocycles. The second-order valence-electron chi connectivity index (χ2n) is 6.76. The fourth-order valence-electron chi connectivity index (χ4n) is 3.04. The summed E-state index contributed by atoms with van der Waals surface area (Å²) in [5.41, 5.74) is 3.56. The maximum absolute atomic E-state index is 12.3. The summed E-state index contributed by atoms with van der Waals surface area (Å²) >= 11 is 1.40. The van der Waals surface area contributed by atoms with E-state index in [0.717, 1.165) is 16.8 Å². The molecule has 0 unspecified atom stereocenters. The number of thiophene rings is 1. The van der Waals surface area contributed by atoms with E-state index in [4.69, 9.17) is 9.47 Å². The molecular weight excluding hydrogens is 412 g/mol. The van der Waals surface area contributed by atoms with Gasteiger partial charge in [-0.15, -0.1) is 16.4 Å². The number of benzene rings is 2. The third kappa shape index (κ3) is 4.82. The van der Waals surface area contributed by atoms with Crippen LogP contribution in [0.3, 0.4) is 0 Å². The number of carbonyl (C=O) groups is 1. The minimum absolute atomic E-state index is 0.127. The van der Waals surface area contributed by atoms with Crippen LogP contribution in [0.25, 0.3) is 17.1 Å². The van der Waals surface area contributed by atoms with Crippen molar-refractivity contribution in [2.45, 2.75) is 6.92 Å². The second-order valence-corrected chi connectivity index (χ2v) is 7.71. The number of amides is 1. The summed E-state index contributed by atoms with van der Waals surface area (Å²) in [6.07, 6.45) is 0. The molecule has 2 aromatic heterocycles. The molecule has 2 heterocycles. The lowest BCUT2D eigenvalue weighted by molar-refractivity contribution is 0.103. The van der Waals surface area contributed by atoms with Crippen LogP contribution in [-0.4, -0.2) is 41.0 Å². The van der Waals surface area contributed by atoms with Crippen molar-refractivity contribution < 1.29 is 14.3 Å². The van der Waals surface area contributed by atoms with Crippen LogP contribution in [0.1, 0.15) is 15.2 Å². The molecule has 0 saturated carbocycles. The highest BCUT2D eigenvalue weighted by molar-refractivity contribution is 7.12. The normalized spacial score (nSPS) is 10.8. The Kier molecular flexibility index (Phi) is 6.40. The van der Waals surface area contributed by atoms with E-state index in [2.05, 4.69) is 15.4 Å². The van der Waals surface area contributed by atoms with E-state index in [9.17, 15) is 4.79 Å². The van der Waals surface area contributed by atoms with Gasteiger partial charge in [0.15, 0.2) is 5.82 Å². The molecule has 0 spiro atoms. The topological polar surface area (TPSA) is 78.3 Å². The quantitative estimate of drug-likeness (QED) is 0.411. The number of hydrogen-bond donors (Lipinski definition) is 1. The monoisotopic (exact) mass is 434 g/mol. The van der Waals surface area contributed by atoms with Crippen molar-refractivity contribution in [3.8, 4) is 23.1 Å². The molecule has 4 aromatic rings. The van der Waals surface area contributed by atoms with E-state index in [0.29, 0.717) is 29.6 Å². The van der Waals surface area contributed by atoms with E-state index in [1.54, 1.807) is 17.9 Å². The first-order valence-electron chi connectivity index (χ1n) is 9.76. The third-order valence-electron chi connectivity index (χ3n) is 4.61. The van der Waals surface area contributed by atoms with Gasteiger partial charge in [-0.1, -0.05) is 30.3 Å². The highest BCUT2D eigenvalue weighted by atomic mass is 32.1. The first-order chi connectivity index (χ1) is 15.2. The van der Waals surface area contributed by atoms with Crippen molar-refractivity contribution in [2.24, 2.45) is 0 Å². The van der Waals surface area contributed by atoms with Crippen LogP contribution in [-0.2, 0) is 4.74 Å². The van der Waals surface area contributed by atoms with Gasteiger partial charge < -0.3 is 14.8 Å². The molecule has 158 valence electrons. The summed E-state index contributed by atoms with van der Waals surface area (Å²) in [4.78, 5) is 17.5. The van der Waals surface area contributed by atoms with Crippen molar-refractivity contribution in [3.05, 3.63) is 76.5 Å². The molecule has 0 aliphatic rings. The summed E-state index contributed by atoms with van der Waals surface area (Å²) in [7, 11) is 1.62. The van der Waals surface area contributed by atoms with Gasteiger partial charge in [0.2, 0.25) is 0 Å². The number of aromatic nitrogens is 3. The summed E-state index contributed by atoms with van der Waals surface area (Å²) in [6, 6.07) is 19.4. The van der Waals surface area contributed by atoms with Gasteiger partial charge in [-0.05, 0) is 48.2 Å². The zero-order valence-electron chi connectivity index (χ0n) is 17.2. The van der Waals surface area contributed by atoms with E-state index in [1.165, 1.54) is 11.3 Å². The molecule has 0 saturated heterocycles. The molecule has 1 N–H and O–H groups in total. The minimum atomic E-state index is -0.127. The van der Waals surface area contributed by atoms with Crippen LogP contribution >= 0.6 is 11.3 Å². The van der Waals surface area contributed by atoms with Crippen LogP contribution in [0.15, 0.2) is 66.0 Å². The lowest BCUT2D eigenvalue weighted by atomic mass is 10.1. The fraction of sp³-hybridized carbons (Fsp3) is 0.174. The molecule has 7 nitrogen and oxygen atoms in total. The SMILES string of the molecule is COCCOc1nc(-c2ccccc2C)n(-c2ccc(NC(=O)c3cccs3)cc2)n1. The standard InChI is InChI=1S/C23H22N4O3S/c1-16-6-3-4-7-19(16)21-25-23(30-14-13-29-2)26-27(21)18-11-9-17(10-12-18)24-22(28)20-8-5-15-31-20/h3-12,15H,13-14H2,1-2H3,(H,24,28). The van der Waals surface area contributed by atoms with Crippen LogP contribution in [0.4, 0.5) is 5.69 Å². The Morgan fingerprint density at radius 1 is 1.06 bits per heavy atom. The molecule has 31 heavy (non-hydrogen) atoms. The average Bonchev–Trinajstić information content (AvgIpc) is 3.45. The summed E-state index contributed by atoms with van der Waals surface area (Å²) in [6.45, 7) is 2.84. The smallest absolute Gasteiger partial charge is 0.336 e.